The van der Waals surface area contributed by atoms with Crippen LogP contribution in [0.2, 0.25) is 54.0 Å². The van der Waals surface area contributed by atoms with E-state index in [1.165, 1.54) is 24.3 Å². The Kier molecular flexibility index (Phi) is 11.3. The Balaban J connectivity index is 1.88. The summed E-state index contributed by atoms with van der Waals surface area (Å²) in [7, 11) is -6.89. The maximum Gasteiger partial charge on any atom is 0.191 e. The van der Waals surface area contributed by atoms with Gasteiger partial charge in [0.15, 0.2) is 29.1 Å². The fourth-order valence-corrected chi connectivity index (χ4v) is 7.60. The number of ether oxygens (including phenoxy) is 1. The first-order chi connectivity index (χ1) is 19.3. The van der Waals surface area contributed by atoms with Crippen molar-refractivity contribution in [1.82, 2.24) is 14.5 Å². The molecule has 0 N–H and O–H groups in total. The van der Waals surface area contributed by atoms with Crippen LogP contribution in [-0.2, 0) is 25.7 Å². The van der Waals surface area contributed by atoms with Crippen LogP contribution in [0.5, 0.6) is 0 Å². The van der Waals surface area contributed by atoms with Gasteiger partial charge in [-0.3, -0.25) is 4.57 Å². The lowest BCUT2D eigenvalue weighted by atomic mass is 10.1. The lowest BCUT2D eigenvalue weighted by Gasteiger charge is -2.36. The molecule has 0 aliphatic carbocycles. The van der Waals surface area contributed by atoms with Crippen LogP contribution in [0.25, 0.3) is 22.8 Å². The minimum atomic E-state index is -3.60. The summed E-state index contributed by atoms with van der Waals surface area (Å²) in [5.74, 6) is -0.139. The monoisotopic (exact) mass is 673 g/mol. The van der Waals surface area contributed by atoms with Crippen molar-refractivity contribution in [2.75, 3.05) is 19.0 Å². The summed E-state index contributed by atoms with van der Waals surface area (Å²) in [4.78, 5) is 8.79. The summed E-state index contributed by atoms with van der Waals surface area (Å²) in [6.07, 6.45) is 1.49. The molecule has 0 unspecified atom stereocenters. The largest absolute Gasteiger partial charge is 0.417 e. The van der Waals surface area contributed by atoms with Crippen molar-refractivity contribution in [2.24, 2.45) is 0 Å². The van der Waals surface area contributed by atoms with Crippen LogP contribution in [-0.4, -0.2) is 58.3 Å². The summed E-state index contributed by atoms with van der Waals surface area (Å²) < 4.78 is 53.8. The number of pyridine rings is 1. The number of nitrogens with zero attached hydrogens (tertiary/aromatic N) is 3. The van der Waals surface area contributed by atoms with Crippen LogP contribution in [0, 0.1) is 5.82 Å². The third-order valence-electron chi connectivity index (χ3n) is 7.48. The fourth-order valence-electron chi connectivity index (χ4n) is 3.84. The van der Waals surface area contributed by atoms with E-state index in [1.54, 1.807) is 10.6 Å². The number of hydrogen-bond acceptors (Lipinski definition) is 6. The smallest absolute Gasteiger partial charge is 0.191 e. The second kappa shape index (κ2) is 13.6. The number of sulfone groups is 1. The predicted molar refractivity (Wildman–Crippen MR) is 175 cm³/mol. The summed E-state index contributed by atoms with van der Waals surface area (Å²) in [5, 5.41) is 0.400. The molecule has 0 radical (unpaired) electrons. The van der Waals surface area contributed by atoms with Crippen molar-refractivity contribution < 1.29 is 22.0 Å². The zero-order chi connectivity index (χ0) is 31.5. The van der Waals surface area contributed by atoms with E-state index in [0.717, 1.165) is 12.2 Å². The van der Waals surface area contributed by atoms with Crippen LogP contribution < -0.4 is 0 Å². The number of halogens is 3. The highest BCUT2D eigenvalue weighted by Gasteiger charge is 2.37. The summed E-state index contributed by atoms with van der Waals surface area (Å²) >= 11 is 13.3. The van der Waals surface area contributed by atoms with Crippen LogP contribution >= 0.6 is 23.2 Å². The molecule has 0 amide bonds. The summed E-state index contributed by atoms with van der Waals surface area (Å²) in [6.45, 7) is 18.6. The number of benzene rings is 1. The molecule has 0 atom stereocenters. The summed E-state index contributed by atoms with van der Waals surface area (Å²) in [5.41, 5.74) is 1.37. The second-order valence-electron chi connectivity index (χ2n) is 13.1. The van der Waals surface area contributed by atoms with Crippen molar-refractivity contribution in [3.8, 4) is 22.8 Å². The average Bonchev–Trinajstić information content (AvgIpc) is 3.19. The molecule has 3 rings (SSSR count). The molecule has 0 aliphatic heterocycles. The summed E-state index contributed by atoms with van der Waals surface area (Å²) in [6, 6.07) is 8.37. The van der Waals surface area contributed by atoms with Gasteiger partial charge in [-0.1, -0.05) is 63.6 Å². The first-order valence-corrected chi connectivity index (χ1v) is 23.0. The lowest BCUT2D eigenvalue weighted by Crippen LogP contribution is -2.41. The van der Waals surface area contributed by atoms with Crippen molar-refractivity contribution in [2.45, 2.75) is 82.6 Å². The highest BCUT2D eigenvalue weighted by Crippen LogP contribution is 2.38. The molecule has 2 heterocycles. The van der Waals surface area contributed by atoms with Gasteiger partial charge in [-0.2, -0.15) is 0 Å². The van der Waals surface area contributed by atoms with Gasteiger partial charge in [0.05, 0.1) is 27.6 Å². The van der Waals surface area contributed by atoms with Gasteiger partial charge in [0.25, 0.3) is 0 Å². The molecule has 232 valence electrons. The Bertz CT molecular complexity index is 1490. The van der Waals surface area contributed by atoms with E-state index in [0.29, 0.717) is 42.4 Å². The van der Waals surface area contributed by atoms with E-state index in [9.17, 15) is 12.8 Å². The molecule has 13 heteroatoms. The van der Waals surface area contributed by atoms with Gasteiger partial charge in [0.2, 0.25) is 0 Å². The quantitative estimate of drug-likeness (QED) is 0.134. The highest BCUT2D eigenvalue weighted by atomic mass is 35.5. The maximum atomic E-state index is 13.6. The molecule has 0 saturated carbocycles. The molecule has 0 fully saturated rings. The van der Waals surface area contributed by atoms with Crippen LogP contribution in [0.1, 0.15) is 27.2 Å². The van der Waals surface area contributed by atoms with Crippen molar-refractivity contribution >= 4 is 49.4 Å². The number of imidazole rings is 1. The predicted octanol–water partition coefficient (Wildman–Crippen LogP) is 8.56. The molecular weight excluding hydrogens is 632 g/mol. The lowest BCUT2D eigenvalue weighted by molar-refractivity contribution is 0.0892. The zero-order valence-electron chi connectivity index (χ0n) is 25.7. The van der Waals surface area contributed by atoms with Crippen LogP contribution in [0.3, 0.4) is 0 Å². The van der Waals surface area contributed by atoms with E-state index >= 15 is 0 Å². The molecule has 0 spiro atoms. The highest BCUT2D eigenvalue weighted by molar-refractivity contribution is 7.91. The molecule has 42 heavy (non-hydrogen) atoms. The van der Waals surface area contributed by atoms with E-state index < -0.39 is 32.0 Å². The Morgan fingerprint density at radius 3 is 2.29 bits per heavy atom. The molecule has 1 aromatic carbocycles. The SMILES string of the molecule is CC(C)(C)[Si](C)(C)OCCCS(=O)(=O)c1ccc(-c2c(Cl)nc(-c3ccc(F)cn3)n2COCC[Si](C)(C)C)c(Cl)c1. The molecule has 3 aromatic rings. The Morgan fingerprint density at radius 1 is 1.02 bits per heavy atom. The van der Waals surface area contributed by atoms with Gasteiger partial charge in [-0.25, -0.2) is 22.8 Å². The first kappa shape index (κ1) is 34.9. The molecule has 0 aliphatic rings. The van der Waals surface area contributed by atoms with E-state index in [4.69, 9.17) is 32.4 Å². The van der Waals surface area contributed by atoms with Gasteiger partial charge in [-0.15, -0.1) is 0 Å². The minimum Gasteiger partial charge on any atom is -0.417 e. The van der Waals surface area contributed by atoms with Gasteiger partial charge < -0.3 is 9.16 Å². The normalized spacial score (nSPS) is 13.1. The molecule has 0 saturated heterocycles. The van der Waals surface area contributed by atoms with Crippen molar-refractivity contribution in [3.05, 3.63) is 52.5 Å². The van der Waals surface area contributed by atoms with Crippen molar-refractivity contribution in [1.29, 1.82) is 0 Å². The van der Waals surface area contributed by atoms with Crippen LogP contribution in [0.15, 0.2) is 41.4 Å². The minimum absolute atomic E-state index is 0.0506. The third-order valence-corrected chi connectivity index (χ3v) is 16.1. The number of hydrogen-bond donors (Lipinski definition) is 0. The Labute approximate surface area is 261 Å². The average molecular weight is 675 g/mol. The number of aromatic nitrogens is 3. The first-order valence-electron chi connectivity index (χ1n) is 13.9. The topological polar surface area (TPSA) is 83.3 Å². The van der Waals surface area contributed by atoms with E-state index in [2.05, 4.69) is 63.5 Å². The molecular formula is C29H42Cl2FN3O4SSi2. The van der Waals surface area contributed by atoms with Crippen LogP contribution in [0.4, 0.5) is 4.39 Å². The Morgan fingerprint density at radius 2 is 1.71 bits per heavy atom. The van der Waals surface area contributed by atoms with Gasteiger partial charge >= 0.3 is 0 Å². The number of rotatable bonds is 13. The standard InChI is InChI=1S/C29H42Cl2FN3O4SSi2/c1-29(2,3)42(7,8)39-14-9-16-40(36,37)22-11-12-23(24(30)18-22)26-27(31)34-28(25-13-10-21(32)19-33-25)35(26)20-38-15-17-41(4,5)6/h10-13,18-19H,9,14-17,20H2,1-8H3. The zero-order valence-corrected chi connectivity index (χ0v) is 30.1. The molecule has 0 bridgehead atoms. The van der Waals surface area contributed by atoms with Gasteiger partial charge in [0.1, 0.15) is 18.2 Å². The third kappa shape index (κ3) is 8.96. The maximum absolute atomic E-state index is 13.6. The van der Waals surface area contributed by atoms with Gasteiger partial charge in [-0.05, 0) is 60.9 Å². The fraction of sp³-hybridized carbons (Fsp3) is 0.517. The molecule has 2 aromatic heterocycles. The van der Waals surface area contributed by atoms with Gasteiger partial charge in [0, 0.05) is 26.9 Å². The molecule has 7 nitrogen and oxygen atoms in total. The van der Waals surface area contributed by atoms with E-state index in [1.807, 2.05) is 0 Å². The second-order valence-corrected chi connectivity index (χ2v) is 26.4. The van der Waals surface area contributed by atoms with E-state index in [-0.39, 0.29) is 32.6 Å². The Hall–Kier alpha value is -1.61. The van der Waals surface area contributed by atoms with Crippen molar-refractivity contribution in [3.63, 3.8) is 0 Å².